The molecule has 0 radical (unpaired) electrons. The van der Waals surface area contributed by atoms with Crippen molar-refractivity contribution in [3.05, 3.63) is 32.7 Å². The lowest BCUT2D eigenvalue weighted by Crippen LogP contribution is -2.19. The van der Waals surface area contributed by atoms with Crippen LogP contribution in [0.15, 0.2) is 27.1 Å². The molecule has 0 aliphatic rings. The fraction of sp³-hybridized carbons (Fsp3) is 0.333. The van der Waals surface area contributed by atoms with Gasteiger partial charge in [-0.15, -0.1) is 0 Å². The summed E-state index contributed by atoms with van der Waals surface area (Å²) in [5.41, 5.74) is 0.551. The van der Waals surface area contributed by atoms with Crippen molar-refractivity contribution in [2.45, 2.75) is 13.8 Å². The minimum atomic E-state index is -0.592. The van der Waals surface area contributed by atoms with Gasteiger partial charge in [0.25, 0.3) is 0 Å². The predicted octanol–water partition coefficient (Wildman–Crippen LogP) is 4.19. The second kappa shape index (κ2) is 5.60. The third-order valence-electron chi connectivity index (χ3n) is 2.28. The van der Waals surface area contributed by atoms with Gasteiger partial charge in [0, 0.05) is 14.5 Å². The van der Waals surface area contributed by atoms with Gasteiger partial charge in [-0.2, -0.15) is 5.26 Å². The monoisotopic (exact) mass is 343 g/mol. The molecule has 0 aromatic heterocycles. The van der Waals surface area contributed by atoms with Crippen LogP contribution in [0.25, 0.3) is 0 Å². The molecule has 0 aliphatic heterocycles. The summed E-state index contributed by atoms with van der Waals surface area (Å²) in [6.07, 6.45) is 0. The van der Waals surface area contributed by atoms with Crippen molar-refractivity contribution >= 4 is 37.6 Å². The van der Waals surface area contributed by atoms with Crippen LogP contribution in [-0.4, -0.2) is 5.78 Å². The van der Waals surface area contributed by atoms with Crippen LogP contribution in [-0.2, 0) is 0 Å². The fourth-order valence-corrected chi connectivity index (χ4v) is 2.17. The zero-order chi connectivity index (χ0) is 12.3. The molecular weight excluding hydrogens is 334 g/mol. The topological polar surface area (TPSA) is 40.9 Å². The van der Waals surface area contributed by atoms with Gasteiger partial charge in [0.1, 0.15) is 5.92 Å². The van der Waals surface area contributed by atoms with Gasteiger partial charge in [-0.1, -0.05) is 45.7 Å². The number of benzene rings is 1. The third kappa shape index (κ3) is 2.93. The molecule has 0 saturated heterocycles. The molecule has 0 fully saturated rings. The zero-order valence-corrected chi connectivity index (χ0v) is 12.2. The molecule has 0 bridgehead atoms. The van der Waals surface area contributed by atoms with Crippen molar-refractivity contribution in [1.82, 2.24) is 0 Å². The first-order valence-electron chi connectivity index (χ1n) is 4.86. The van der Waals surface area contributed by atoms with E-state index in [-0.39, 0.29) is 11.7 Å². The van der Waals surface area contributed by atoms with Gasteiger partial charge in [-0.3, -0.25) is 4.79 Å². The maximum absolute atomic E-state index is 12.1. The Morgan fingerprint density at radius 2 is 2.00 bits per heavy atom. The maximum atomic E-state index is 12.1. The van der Waals surface area contributed by atoms with E-state index in [9.17, 15) is 4.79 Å². The number of hydrogen-bond acceptors (Lipinski definition) is 2. The Labute approximate surface area is 112 Å². The van der Waals surface area contributed by atoms with Crippen molar-refractivity contribution in [3.63, 3.8) is 0 Å². The highest BCUT2D eigenvalue weighted by Crippen LogP contribution is 2.26. The lowest BCUT2D eigenvalue weighted by atomic mass is 9.89. The molecule has 1 atom stereocenters. The second-order valence-corrected chi connectivity index (χ2v) is 5.61. The first-order valence-corrected chi connectivity index (χ1v) is 6.45. The van der Waals surface area contributed by atoms with Gasteiger partial charge in [0.2, 0.25) is 0 Å². The SMILES string of the molecule is CC(C)C(C#N)C(=O)c1cc(Br)ccc1Br. The Hall–Kier alpha value is -0.660. The number of carbonyl (C=O) groups is 1. The zero-order valence-electron chi connectivity index (χ0n) is 9.00. The highest BCUT2D eigenvalue weighted by atomic mass is 79.9. The van der Waals surface area contributed by atoms with Crippen molar-refractivity contribution in [3.8, 4) is 6.07 Å². The number of ketones is 1. The van der Waals surface area contributed by atoms with E-state index in [0.29, 0.717) is 5.56 Å². The molecular formula is C12H11Br2NO. The summed E-state index contributed by atoms with van der Waals surface area (Å²) in [5.74, 6) is -0.709. The van der Waals surface area contributed by atoms with Crippen LogP contribution < -0.4 is 0 Å². The molecule has 2 nitrogen and oxygen atoms in total. The quantitative estimate of drug-likeness (QED) is 0.771. The Balaban J connectivity index is 3.14. The normalized spacial score (nSPS) is 12.2. The average molecular weight is 345 g/mol. The van der Waals surface area contributed by atoms with Crippen LogP contribution in [0.5, 0.6) is 0 Å². The maximum Gasteiger partial charge on any atom is 0.181 e. The number of rotatable bonds is 3. The van der Waals surface area contributed by atoms with E-state index in [1.54, 1.807) is 12.1 Å². The first-order chi connectivity index (χ1) is 7.47. The molecule has 16 heavy (non-hydrogen) atoms. The third-order valence-corrected chi connectivity index (χ3v) is 3.47. The number of nitrogens with zero attached hydrogens (tertiary/aromatic N) is 1. The number of carbonyl (C=O) groups excluding carboxylic acids is 1. The van der Waals surface area contributed by atoms with E-state index >= 15 is 0 Å². The Kier molecular flexibility index (Phi) is 4.69. The molecule has 0 saturated carbocycles. The van der Waals surface area contributed by atoms with Crippen LogP contribution in [0, 0.1) is 23.2 Å². The lowest BCUT2D eigenvalue weighted by molar-refractivity contribution is 0.0923. The van der Waals surface area contributed by atoms with Gasteiger partial charge in [0.05, 0.1) is 6.07 Å². The number of halogens is 2. The van der Waals surface area contributed by atoms with E-state index in [1.165, 1.54) is 0 Å². The van der Waals surface area contributed by atoms with Gasteiger partial charge in [-0.05, 0) is 24.1 Å². The first kappa shape index (κ1) is 13.4. The molecule has 4 heteroatoms. The number of Topliss-reactive ketones (excluding diaryl/α,β-unsaturated/α-hetero) is 1. The highest BCUT2D eigenvalue weighted by molar-refractivity contribution is 9.11. The molecule has 0 heterocycles. The molecule has 84 valence electrons. The van der Waals surface area contributed by atoms with Crippen LogP contribution in [0.3, 0.4) is 0 Å². The van der Waals surface area contributed by atoms with E-state index in [1.807, 2.05) is 19.9 Å². The molecule has 1 aromatic rings. The summed E-state index contributed by atoms with van der Waals surface area (Å²) in [6.45, 7) is 3.75. The van der Waals surface area contributed by atoms with Crippen LogP contribution in [0.1, 0.15) is 24.2 Å². The summed E-state index contributed by atoms with van der Waals surface area (Å²) >= 11 is 6.64. The smallest absolute Gasteiger partial charge is 0.181 e. The molecule has 0 aliphatic carbocycles. The van der Waals surface area contributed by atoms with Crippen molar-refractivity contribution in [1.29, 1.82) is 5.26 Å². The van der Waals surface area contributed by atoms with E-state index in [2.05, 4.69) is 37.9 Å². The lowest BCUT2D eigenvalue weighted by Gasteiger charge is -2.12. The summed E-state index contributed by atoms with van der Waals surface area (Å²) in [7, 11) is 0. The van der Waals surface area contributed by atoms with E-state index in [0.717, 1.165) is 8.95 Å². The average Bonchev–Trinajstić information content (AvgIpc) is 2.22. The summed E-state index contributed by atoms with van der Waals surface area (Å²) in [6, 6.07) is 7.44. The number of hydrogen-bond donors (Lipinski definition) is 0. The molecule has 1 rings (SSSR count). The highest BCUT2D eigenvalue weighted by Gasteiger charge is 2.24. The largest absolute Gasteiger partial charge is 0.293 e. The predicted molar refractivity (Wildman–Crippen MR) is 70.1 cm³/mol. The fourth-order valence-electron chi connectivity index (χ4n) is 1.36. The minimum absolute atomic E-state index is 0.0170. The molecule has 0 N–H and O–H groups in total. The Morgan fingerprint density at radius 1 is 1.38 bits per heavy atom. The molecule has 1 aromatic carbocycles. The molecule has 0 amide bonds. The standard InChI is InChI=1S/C12H11Br2NO/c1-7(2)10(6-15)12(16)9-5-8(13)3-4-11(9)14/h3-5,7,10H,1-2H3. The second-order valence-electron chi connectivity index (χ2n) is 3.84. The van der Waals surface area contributed by atoms with Crippen molar-refractivity contribution < 1.29 is 4.79 Å². The van der Waals surface area contributed by atoms with Crippen molar-refractivity contribution in [2.75, 3.05) is 0 Å². The minimum Gasteiger partial charge on any atom is -0.293 e. The molecule has 1 unspecified atom stereocenters. The Bertz CT molecular complexity index is 449. The summed E-state index contributed by atoms with van der Waals surface area (Å²) in [5, 5.41) is 8.99. The van der Waals surface area contributed by atoms with Crippen LogP contribution >= 0.6 is 31.9 Å². The molecule has 0 spiro atoms. The van der Waals surface area contributed by atoms with Gasteiger partial charge >= 0.3 is 0 Å². The van der Waals surface area contributed by atoms with Crippen LogP contribution in [0.2, 0.25) is 0 Å². The summed E-state index contributed by atoms with van der Waals surface area (Å²) in [4.78, 5) is 12.1. The Morgan fingerprint density at radius 3 is 2.50 bits per heavy atom. The number of nitriles is 1. The van der Waals surface area contributed by atoms with Gasteiger partial charge in [0.15, 0.2) is 5.78 Å². The van der Waals surface area contributed by atoms with Crippen LogP contribution in [0.4, 0.5) is 0 Å². The van der Waals surface area contributed by atoms with Gasteiger partial charge in [-0.25, -0.2) is 0 Å². The van der Waals surface area contributed by atoms with E-state index < -0.39 is 5.92 Å². The van der Waals surface area contributed by atoms with E-state index in [4.69, 9.17) is 5.26 Å². The summed E-state index contributed by atoms with van der Waals surface area (Å²) < 4.78 is 1.56. The van der Waals surface area contributed by atoms with Gasteiger partial charge < -0.3 is 0 Å². The van der Waals surface area contributed by atoms with Crippen molar-refractivity contribution in [2.24, 2.45) is 11.8 Å².